The fourth-order valence-electron chi connectivity index (χ4n) is 5.63. The zero-order valence-electron chi connectivity index (χ0n) is 37.0. The van der Waals surface area contributed by atoms with E-state index in [0.29, 0.717) is 25.7 Å². The van der Waals surface area contributed by atoms with E-state index < -0.39 is 57.9 Å². The number of hydrogen-bond acceptors (Lipinski definition) is 10. The number of allylic oxidation sites excluding steroid dienone is 12. The van der Waals surface area contributed by atoms with E-state index in [1.165, 1.54) is 57.8 Å². The largest absolute Gasteiger partial charge is 0.472 e. The predicted molar refractivity (Wildman–Crippen MR) is 243 cm³/mol. The number of carbonyl (C=O) groups excluding carboxylic acids is 2. The summed E-state index contributed by atoms with van der Waals surface area (Å²) in [4.78, 5) is 35.0. The molecule has 0 aliphatic heterocycles. The van der Waals surface area contributed by atoms with Gasteiger partial charge < -0.3 is 29.7 Å². The van der Waals surface area contributed by atoms with E-state index in [1.807, 2.05) is 48.6 Å². The van der Waals surface area contributed by atoms with Crippen LogP contribution in [0.4, 0.5) is 0 Å². The van der Waals surface area contributed by atoms with Gasteiger partial charge in [0.2, 0.25) is 0 Å². The topological polar surface area (TPSA) is 169 Å². The van der Waals surface area contributed by atoms with Gasteiger partial charge in [0.15, 0.2) is 6.10 Å². The molecule has 0 spiro atoms. The van der Waals surface area contributed by atoms with Crippen LogP contribution in [0.5, 0.6) is 0 Å². The van der Waals surface area contributed by atoms with Crippen LogP contribution in [-0.4, -0.2) is 76.9 Å². The average Bonchev–Trinajstić information content (AvgIpc) is 3.23. The molecule has 0 aromatic heterocycles. The van der Waals surface area contributed by atoms with E-state index in [1.54, 1.807) is 6.08 Å². The van der Waals surface area contributed by atoms with Gasteiger partial charge in [0.05, 0.1) is 25.9 Å². The molecule has 0 amide bonds. The fourth-order valence-corrected chi connectivity index (χ4v) is 6.42. The number of ether oxygens (including phenoxy) is 2. The molecule has 0 rings (SSSR count). The van der Waals surface area contributed by atoms with Crippen LogP contribution >= 0.6 is 7.82 Å². The first-order valence-corrected chi connectivity index (χ1v) is 24.1. The van der Waals surface area contributed by atoms with Crippen LogP contribution in [0.25, 0.3) is 0 Å². The number of phosphoric acid groups is 1. The van der Waals surface area contributed by atoms with Gasteiger partial charge in [-0.2, -0.15) is 0 Å². The molecule has 0 saturated heterocycles. The molecule has 11 nitrogen and oxygen atoms in total. The Morgan fingerprint density at radius 3 is 1.78 bits per heavy atom. The first kappa shape index (κ1) is 57.1. The Hall–Kier alpha value is -2.89. The number of esters is 2. The Labute approximate surface area is 363 Å². The van der Waals surface area contributed by atoms with Crippen molar-refractivity contribution in [2.45, 2.75) is 180 Å². The van der Waals surface area contributed by atoms with Crippen molar-refractivity contribution in [3.63, 3.8) is 0 Å². The number of rotatable bonds is 41. The molecule has 2 unspecified atom stereocenters. The van der Waals surface area contributed by atoms with E-state index >= 15 is 0 Å². The molecular weight excluding hydrogens is 783 g/mol. The molecule has 4 atom stereocenters. The standard InChI is InChI=1S/C48H81O11P/c1-3-5-7-9-11-12-13-14-15-16-17-18-19-24-27-31-35-39-48(53)59-46(43-58-60(54,55)57-41-45(51)40-49)42-56-47(52)38-34-30-26-23-21-20-22-25-29-33-37-44(50)36-32-28-10-8-6-4-2/h6,8,14-15,20-21,25-26,28-30,32-33,37,44-46,49-51H,3-5,7,9-13,16-19,22-24,27,31,34-36,38-43H2,1-2H3,(H,54,55)/b8-6-,15-14-,21-20-,29-25-,30-26-,32-28-,37-33+/t44?,45-,46+/m0/s1. The average molecular weight is 865 g/mol. The minimum absolute atomic E-state index is 0.0883. The maximum Gasteiger partial charge on any atom is 0.472 e. The second kappa shape index (κ2) is 42.8. The van der Waals surface area contributed by atoms with Crippen molar-refractivity contribution >= 4 is 19.8 Å². The third-order valence-electron chi connectivity index (χ3n) is 9.13. The van der Waals surface area contributed by atoms with Crippen LogP contribution in [0.1, 0.15) is 162 Å². The molecule has 0 radical (unpaired) electrons. The highest BCUT2D eigenvalue weighted by Crippen LogP contribution is 2.43. The molecule has 12 heteroatoms. The minimum Gasteiger partial charge on any atom is -0.462 e. The number of hydrogen-bond donors (Lipinski definition) is 4. The highest BCUT2D eigenvalue weighted by atomic mass is 31.2. The Kier molecular flexibility index (Phi) is 40.7. The highest BCUT2D eigenvalue weighted by Gasteiger charge is 2.27. The normalized spacial score (nSPS) is 15.1. The van der Waals surface area contributed by atoms with Gasteiger partial charge in [-0.15, -0.1) is 0 Å². The van der Waals surface area contributed by atoms with Gasteiger partial charge in [-0.05, 0) is 70.6 Å². The Bertz CT molecular complexity index is 1290. The highest BCUT2D eigenvalue weighted by molar-refractivity contribution is 7.47. The quantitative estimate of drug-likeness (QED) is 0.0152. The molecular formula is C48H81O11P. The Morgan fingerprint density at radius 1 is 0.583 bits per heavy atom. The zero-order chi connectivity index (χ0) is 44.2. The zero-order valence-corrected chi connectivity index (χ0v) is 37.9. The lowest BCUT2D eigenvalue weighted by Gasteiger charge is -2.20. The van der Waals surface area contributed by atoms with Crippen molar-refractivity contribution in [3.05, 3.63) is 85.1 Å². The molecule has 0 saturated carbocycles. The number of unbranched alkanes of at least 4 members (excludes halogenated alkanes) is 13. The molecule has 0 aliphatic rings. The predicted octanol–water partition coefficient (Wildman–Crippen LogP) is 11.2. The molecule has 0 aromatic rings. The van der Waals surface area contributed by atoms with Crippen molar-refractivity contribution in [3.8, 4) is 0 Å². The summed E-state index contributed by atoms with van der Waals surface area (Å²) in [5.41, 5.74) is 0. The second-order valence-corrected chi connectivity index (χ2v) is 16.3. The van der Waals surface area contributed by atoms with Gasteiger partial charge in [0.1, 0.15) is 12.7 Å². The monoisotopic (exact) mass is 865 g/mol. The Balaban J connectivity index is 4.46. The molecule has 60 heavy (non-hydrogen) atoms. The summed E-state index contributed by atoms with van der Waals surface area (Å²) in [5, 5.41) is 28.3. The maximum absolute atomic E-state index is 12.6. The van der Waals surface area contributed by atoms with E-state index in [-0.39, 0.29) is 19.4 Å². The molecule has 4 N–H and O–H groups in total. The summed E-state index contributed by atoms with van der Waals surface area (Å²) in [6.45, 7) is 2.08. The third-order valence-corrected chi connectivity index (χ3v) is 10.1. The lowest BCUT2D eigenvalue weighted by atomic mass is 10.1. The third kappa shape index (κ3) is 41.8. The summed E-state index contributed by atoms with van der Waals surface area (Å²) in [7, 11) is -4.65. The van der Waals surface area contributed by atoms with Gasteiger partial charge >= 0.3 is 19.8 Å². The van der Waals surface area contributed by atoms with Crippen molar-refractivity contribution in [1.29, 1.82) is 0 Å². The summed E-state index contributed by atoms with van der Waals surface area (Å²) in [6, 6.07) is 0. The SMILES string of the molecule is CC/C=C\C/C=C\CC(O)/C=C/C=C\C/C=C\C/C=C\CCC(=O)OC[C@H](COP(=O)(O)OC[C@@H](O)CO)OC(=O)CCCCCCCCC/C=C\CCCCCCCC. The summed E-state index contributed by atoms with van der Waals surface area (Å²) in [5.74, 6) is -1.06. The van der Waals surface area contributed by atoms with E-state index in [2.05, 4.69) is 48.8 Å². The van der Waals surface area contributed by atoms with Gasteiger partial charge in [0, 0.05) is 12.8 Å². The number of aliphatic hydroxyl groups excluding tert-OH is 3. The van der Waals surface area contributed by atoms with Gasteiger partial charge in [-0.1, -0.05) is 163 Å². The second-order valence-electron chi connectivity index (χ2n) is 14.9. The van der Waals surface area contributed by atoms with Crippen LogP contribution < -0.4 is 0 Å². The fraction of sp³-hybridized carbons (Fsp3) is 0.667. The van der Waals surface area contributed by atoms with Crippen LogP contribution in [0.2, 0.25) is 0 Å². The van der Waals surface area contributed by atoms with E-state index in [0.717, 1.165) is 51.4 Å². The van der Waals surface area contributed by atoms with E-state index in [9.17, 15) is 29.3 Å². The summed E-state index contributed by atoms with van der Waals surface area (Å²) >= 11 is 0. The van der Waals surface area contributed by atoms with Crippen LogP contribution in [-0.2, 0) is 32.7 Å². The minimum atomic E-state index is -4.65. The molecule has 0 fully saturated rings. The van der Waals surface area contributed by atoms with Gasteiger partial charge in [-0.3, -0.25) is 18.6 Å². The van der Waals surface area contributed by atoms with Crippen molar-refractivity contribution in [2.24, 2.45) is 0 Å². The van der Waals surface area contributed by atoms with E-state index in [4.69, 9.17) is 19.1 Å². The summed E-state index contributed by atoms with van der Waals surface area (Å²) < 4.78 is 32.6. The molecule has 0 aliphatic carbocycles. The number of aliphatic hydroxyl groups is 3. The first-order chi connectivity index (χ1) is 29.1. The van der Waals surface area contributed by atoms with Crippen LogP contribution in [0.3, 0.4) is 0 Å². The summed E-state index contributed by atoms with van der Waals surface area (Å²) in [6.07, 6.45) is 47.3. The lowest BCUT2D eigenvalue weighted by molar-refractivity contribution is -0.161. The molecule has 344 valence electrons. The molecule has 0 aromatic carbocycles. The van der Waals surface area contributed by atoms with Gasteiger partial charge in [-0.25, -0.2) is 4.57 Å². The van der Waals surface area contributed by atoms with Crippen molar-refractivity contribution in [1.82, 2.24) is 0 Å². The van der Waals surface area contributed by atoms with Crippen molar-refractivity contribution in [2.75, 3.05) is 26.4 Å². The maximum atomic E-state index is 12.6. The van der Waals surface area contributed by atoms with Crippen molar-refractivity contribution < 1.29 is 52.9 Å². The smallest absolute Gasteiger partial charge is 0.462 e. The Morgan fingerprint density at radius 2 is 1.13 bits per heavy atom. The number of phosphoric ester groups is 1. The number of carbonyl (C=O) groups is 2. The van der Waals surface area contributed by atoms with Crippen LogP contribution in [0, 0.1) is 0 Å². The lowest BCUT2D eigenvalue weighted by Crippen LogP contribution is -2.29. The van der Waals surface area contributed by atoms with Gasteiger partial charge in [0.25, 0.3) is 0 Å². The molecule has 0 heterocycles. The first-order valence-electron chi connectivity index (χ1n) is 22.7. The van der Waals surface area contributed by atoms with Crippen LogP contribution in [0.15, 0.2) is 85.1 Å². The molecule has 0 bridgehead atoms.